The van der Waals surface area contributed by atoms with E-state index in [1.54, 1.807) is 6.07 Å². The number of aromatic nitrogens is 1. The summed E-state index contributed by atoms with van der Waals surface area (Å²) in [5, 5.41) is 16.7. The minimum absolute atomic E-state index is 0.122. The van der Waals surface area contributed by atoms with Crippen molar-refractivity contribution in [2.75, 3.05) is 19.8 Å². The lowest BCUT2D eigenvalue weighted by Gasteiger charge is -2.36. The Kier molecular flexibility index (Phi) is 6.62. The number of rotatable bonds is 7. The van der Waals surface area contributed by atoms with Crippen LogP contribution in [0, 0.1) is 17.0 Å². The number of aliphatic hydroxyl groups is 1. The zero-order valence-corrected chi connectivity index (χ0v) is 17.4. The van der Waals surface area contributed by atoms with Gasteiger partial charge in [0.25, 0.3) is 0 Å². The van der Waals surface area contributed by atoms with E-state index in [2.05, 4.69) is 10.5 Å². The highest BCUT2D eigenvalue weighted by Gasteiger charge is 2.42. The van der Waals surface area contributed by atoms with Crippen LogP contribution in [0.5, 0.6) is 0 Å². The summed E-state index contributed by atoms with van der Waals surface area (Å²) in [5.41, 5.74) is 0.340. The fraction of sp³-hybridized carbons (Fsp3) is 0.333. The summed E-state index contributed by atoms with van der Waals surface area (Å²) >= 11 is 0. The van der Waals surface area contributed by atoms with Gasteiger partial charge in [0.05, 0.1) is 18.1 Å². The van der Waals surface area contributed by atoms with Crippen molar-refractivity contribution < 1.29 is 27.9 Å². The van der Waals surface area contributed by atoms with Gasteiger partial charge >= 0.3 is 0 Å². The van der Waals surface area contributed by atoms with Gasteiger partial charge < -0.3 is 19.7 Å². The number of benzene rings is 2. The predicted molar refractivity (Wildman–Crippen MR) is 112 cm³/mol. The standard InChI is InChI=1S/C24H24F2N2O4/c25-17-6-7-19(20(26)12-17)21-13-18(32-28-21)14-24(8-10-31-11-9-24)23(30)27-22(15-29)16-4-2-1-3-5-16/h1-7,12-13,22,29H,8-11,14-15H2,(H,27,30). The van der Waals surface area contributed by atoms with E-state index in [1.165, 1.54) is 6.07 Å². The zero-order valence-electron chi connectivity index (χ0n) is 17.4. The van der Waals surface area contributed by atoms with Crippen LogP contribution in [0.15, 0.2) is 59.1 Å². The van der Waals surface area contributed by atoms with Crippen LogP contribution in [0.25, 0.3) is 11.3 Å². The molecular weight excluding hydrogens is 418 g/mol. The van der Waals surface area contributed by atoms with Crippen LogP contribution < -0.4 is 5.32 Å². The van der Waals surface area contributed by atoms with E-state index < -0.39 is 23.1 Å². The largest absolute Gasteiger partial charge is 0.394 e. The monoisotopic (exact) mass is 442 g/mol. The van der Waals surface area contributed by atoms with Gasteiger partial charge in [0.1, 0.15) is 23.1 Å². The predicted octanol–water partition coefficient (Wildman–Crippen LogP) is 3.81. The molecular formula is C24H24F2N2O4. The average Bonchev–Trinajstić information content (AvgIpc) is 3.26. The molecule has 1 atom stereocenters. The number of nitrogens with one attached hydrogen (secondary N) is 1. The maximum atomic E-state index is 14.1. The number of aliphatic hydroxyl groups excluding tert-OH is 1. The molecule has 1 aliphatic rings. The number of carbonyl (C=O) groups excluding carboxylic acids is 1. The molecule has 2 aromatic carbocycles. The molecule has 1 unspecified atom stereocenters. The lowest BCUT2D eigenvalue weighted by molar-refractivity contribution is -0.138. The SMILES string of the molecule is O=C(NC(CO)c1ccccc1)C1(Cc2cc(-c3ccc(F)cc3F)no2)CCOCC1. The Morgan fingerprint density at radius 1 is 1.12 bits per heavy atom. The van der Waals surface area contributed by atoms with E-state index in [0.29, 0.717) is 31.8 Å². The molecule has 0 aliphatic carbocycles. The van der Waals surface area contributed by atoms with Gasteiger partial charge in [-0.3, -0.25) is 4.79 Å². The average molecular weight is 442 g/mol. The van der Waals surface area contributed by atoms with Gasteiger partial charge in [-0.05, 0) is 30.5 Å². The topological polar surface area (TPSA) is 84.6 Å². The van der Waals surface area contributed by atoms with Gasteiger partial charge in [0.15, 0.2) is 0 Å². The molecule has 0 radical (unpaired) electrons. The first-order valence-corrected chi connectivity index (χ1v) is 10.5. The van der Waals surface area contributed by atoms with Gasteiger partial charge in [-0.2, -0.15) is 0 Å². The molecule has 2 heterocycles. The van der Waals surface area contributed by atoms with Crippen LogP contribution in [0.1, 0.15) is 30.2 Å². The maximum absolute atomic E-state index is 14.1. The third-order valence-electron chi connectivity index (χ3n) is 5.90. The molecule has 4 rings (SSSR count). The number of nitrogens with zero attached hydrogens (tertiary/aromatic N) is 1. The fourth-order valence-electron chi connectivity index (χ4n) is 4.03. The Morgan fingerprint density at radius 2 is 1.88 bits per heavy atom. The quantitative estimate of drug-likeness (QED) is 0.581. The lowest BCUT2D eigenvalue weighted by atomic mass is 9.75. The number of hydrogen-bond acceptors (Lipinski definition) is 5. The third kappa shape index (κ3) is 4.71. The highest BCUT2D eigenvalue weighted by molar-refractivity contribution is 5.83. The molecule has 1 aliphatic heterocycles. The van der Waals surface area contributed by atoms with Crippen LogP contribution in [0.4, 0.5) is 8.78 Å². The number of hydrogen-bond donors (Lipinski definition) is 2. The zero-order chi connectivity index (χ0) is 22.6. The van der Waals surface area contributed by atoms with Crippen molar-refractivity contribution in [1.29, 1.82) is 0 Å². The molecule has 3 aromatic rings. The Labute approximate surface area is 184 Å². The van der Waals surface area contributed by atoms with Crippen molar-refractivity contribution in [3.05, 3.63) is 77.6 Å². The molecule has 1 amide bonds. The first-order chi connectivity index (χ1) is 15.5. The second-order valence-electron chi connectivity index (χ2n) is 7.99. The van der Waals surface area contributed by atoms with E-state index in [0.717, 1.165) is 17.7 Å². The molecule has 32 heavy (non-hydrogen) atoms. The van der Waals surface area contributed by atoms with E-state index in [4.69, 9.17) is 9.26 Å². The van der Waals surface area contributed by atoms with E-state index in [-0.39, 0.29) is 30.2 Å². The highest BCUT2D eigenvalue weighted by atomic mass is 19.1. The number of carbonyl (C=O) groups is 1. The van der Waals surface area contributed by atoms with Crippen molar-refractivity contribution >= 4 is 5.91 Å². The van der Waals surface area contributed by atoms with E-state index >= 15 is 0 Å². The summed E-state index contributed by atoms with van der Waals surface area (Å²) in [4.78, 5) is 13.4. The van der Waals surface area contributed by atoms with Gasteiger partial charge in [0.2, 0.25) is 5.91 Å². The molecule has 0 saturated carbocycles. The number of halogens is 2. The molecule has 6 nitrogen and oxygen atoms in total. The Hall–Kier alpha value is -3.10. The van der Waals surface area contributed by atoms with Gasteiger partial charge in [-0.1, -0.05) is 35.5 Å². The highest BCUT2D eigenvalue weighted by Crippen LogP contribution is 2.36. The first-order valence-electron chi connectivity index (χ1n) is 10.5. The lowest BCUT2D eigenvalue weighted by Crippen LogP contribution is -2.47. The number of ether oxygens (including phenoxy) is 1. The fourth-order valence-corrected chi connectivity index (χ4v) is 4.03. The number of amides is 1. The van der Waals surface area contributed by atoms with Crippen molar-refractivity contribution in [3.63, 3.8) is 0 Å². The Bertz CT molecular complexity index is 1060. The van der Waals surface area contributed by atoms with Crippen LogP contribution in [0.3, 0.4) is 0 Å². The van der Waals surface area contributed by atoms with Crippen molar-refractivity contribution in [2.24, 2.45) is 5.41 Å². The third-order valence-corrected chi connectivity index (χ3v) is 5.90. The summed E-state index contributed by atoms with van der Waals surface area (Å²) in [6, 6.07) is 13.5. The van der Waals surface area contributed by atoms with Gasteiger partial charge in [-0.15, -0.1) is 0 Å². The smallest absolute Gasteiger partial charge is 0.227 e. The molecule has 2 N–H and O–H groups in total. The van der Waals surface area contributed by atoms with Crippen LogP contribution >= 0.6 is 0 Å². The van der Waals surface area contributed by atoms with Crippen molar-refractivity contribution in [2.45, 2.75) is 25.3 Å². The van der Waals surface area contributed by atoms with Crippen LogP contribution in [-0.2, 0) is 16.0 Å². The second kappa shape index (κ2) is 9.58. The van der Waals surface area contributed by atoms with Crippen LogP contribution in [0.2, 0.25) is 0 Å². The minimum Gasteiger partial charge on any atom is -0.394 e. The summed E-state index contributed by atoms with van der Waals surface area (Å²) in [6.45, 7) is 0.588. The molecule has 168 valence electrons. The molecule has 0 spiro atoms. The second-order valence-corrected chi connectivity index (χ2v) is 7.99. The minimum atomic E-state index is -0.821. The van der Waals surface area contributed by atoms with Gasteiger partial charge in [-0.25, -0.2) is 8.78 Å². The molecule has 1 aromatic heterocycles. The van der Waals surface area contributed by atoms with Crippen molar-refractivity contribution in [1.82, 2.24) is 10.5 Å². The Balaban J connectivity index is 1.56. The van der Waals surface area contributed by atoms with Crippen molar-refractivity contribution in [3.8, 4) is 11.3 Å². The summed E-state index contributed by atoms with van der Waals surface area (Å²) in [7, 11) is 0. The van der Waals surface area contributed by atoms with Crippen LogP contribution in [-0.4, -0.2) is 36.0 Å². The molecule has 8 heteroatoms. The van der Waals surface area contributed by atoms with E-state index in [1.807, 2.05) is 30.3 Å². The van der Waals surface area contributed by atoms with Gasteiger partial charge in [0, 0.05) is 37.3 Å². The molecule has 1 fully saturated rings. The molecule has 0 bridgehead atoms. The maximum Gasteiger partial charge on any atom is 0.227 e. The summed E-state index contributed by atoms with van der Waals surface area (Å²) in [5.74, 6) is -1.21. The summed E-state index contributed by atoms with van der Waals surface area (Å²) in [6.07, 6.45) is 1.17. The van der Waals surface area contributed by atoms with E-state index in [9.17, 15) is 18.7 Å². The summed E-state index contributed by atoms with van der Waals surface area (Å²) < 4.78 is 38.2. The first kappa shape index (κ1) is 22.1. The normalized spacial score (nSPS) is 16.5. The Morgan fingerprint density at radius 3 is 2.56 bits per heavy atom. The molecule has 1 saturated heterocycles.